The molecule has 2 aromatic heterocycles. The molecule has 0 unspecified atom stereocenters. The van der Waals surface area contributed by atoms with E-state index in [2.05, 4.69) is 52.0 Å². The van der Waals surface area contributed by atoms with Crippen molar-refractivity contribution in [3.05, 3.63) is 41.9 Å². The van der Waals surface area contributed by atoms with Crippen LogP contribution in [-0.2, 0) is 0 Å². The molecule has 0 atom stereocenters. The molecular formula is C19H21N5S. The first-order valence-electron chi connectivity index (χ1n) is 8.97. The summed E-state index contributed by atoms with van der Waals surface area (Å²) in [6, 6.07) is 10.5. The molecule has 0 bridgehead atoms. The number of hydrogen-bond donors (Lipinski definition) is 0. The standard InChI is InChI=1S/C19H21N5S/c1-13-12-17(22-18(20-13)14-6-7-14)23-8-10-24(11-9-23)19-21-15-4-2-3-5-16(15)25-19/h2-5,12,14H,6-11H2,1H3. The normalized spacial score (nSPS) is 18.1. The number of piperazine rings is 1. The van der Waals surface area contributed by atoms with E-state index in [-0.39, 0.29) is 0 Å². The molecule has 128 valence electrons. The molecule has 1 aliphatic carbocycles. The van der Waals surface area contributed by atoms with Gasteiger partial charge >= 0.3 is 0 Å². The maximum Gasteiger partial charge on any atom is 0.186 e. The molecule has 2 aliphatic rings. The molecule has 0 radical (unpaired) electrons. The van der Waals surface area contributed by atoms with Crippen LogP contribution in [0.1, 0.15) is 30.3 Å². The molecular weight excluding hydrogens is 330 g/mol. The number of rotatable bonds is 3. The van der Waals surface area contributed by atoms with Crippen molar-refractivity contribution < 1.29 is 0 Å². The smallest absolute Gasteiger partial charge is 0.186 e. The average Bonchev–Trinajstić information content (AvgIpc) is 3.40. The zero-order valence-corrected chi connectivity index (χ0v) is 15.2. The van der Waals surface area contributed by atoms with Crippen LogP contribution in [0.4, 0.5) is 10.9 Å². The molecule has 3 heterocycles. The van der Waals surface area contributed by atoms with Gasteiger partial charge in [0.25, 0.3) is 0 Å². The third-order valence-electron chi connectivity index (χ3n) is 4.96. The Morgan fingerprint density at radius 2 is 1.72 bits per heavy atom. The number of hydrogen-bond acceptors (Lipinski definition) is 6. The van der Waals surface area contributed by atoms with Gasteiger partial charge in [-0.05, 0) is 31.9 Å². The Labute approximate surface area is 151 Å². The van der Waals surface area contributed by atoms with Crippen LogP contribution in [0.5, 0.6) is 0 Å². The molecule has 6 heteroatoms. The fraction of sp³-hybridized carbons (Fsp3) is 0.421. The predicted octanol–water partition coefficient (Wildman–Crippen LogP) is 3.60. The lowest BCUT2D eigenvalue weighted by Gasteiger charge is -2.35. The van der Waals surface area contributed by atoms with Crippen LogP contribution in [0.3, 0.4) is 0 Å². The maximum absolute atomic E-state index is 4.84. The van der Waals surface area contributed by atoms with E-state index in [1.165, 1.54) is 17.5 Å². The van der Waals surface area contributed by atoms with Crippen LogP contribution in [0.25, 0.3) is 10.2 Å². The number of aromatic nitrogens is 3. The van der Waals surface area contributed by atoms with E-state index >= 15 is 0 Å². The molecule has 5 rings (SSSR count). The number of aryl methyl sites for hydroxylation is 1. The van der Waals surface area contributed by atoms with Crippen molar-refractivity contribution in [2.45, 2.75) is 25.7 Å². The van der Waals surface area contributed by atoms with Crippen molar-refractivity contribution in [3.8, 4) is 0 Å². The van der Waals surface area contributed by atoms with Gasteiger partial charge in [0, 0.05) is 43.9 Å². The Morgan fingerprint density at radius 3 is 2.48 bits per heavy atom. The van der Waals surface area contributed by atoms with Crippen molar-refractivity contribution >= 4 is 32.5 Å². The van der Waals surface area contributed by atoms with E-state index in [1.54, 1.807) is 11.3 Å². The molecule has 25 heavy (non-hydrogen) atoms. The molecule has 3 aromatic rings. The average molecular weight is 351 g/mol. The lowest BCUT2D eigenvalue weighted by molar-refractivity contribution is 0.643. The molecule has 1 saturated heterocycles. The second kappa shape index (κ2) is 5.95. The van der Waals surface area contributed by atoms with Crippen LogP contribution < -0.4 is 9.80 Å². The van der Waals surface area contributed by atoms with Gasteiger partial charge in [-0.1, -0.05) is 23.5 Å². The van der Waals surface area contributed by atoms with Crippen molar-refractivity contribution in [1.29, 1.82) is 0 Å². The van der Waals surface area contributed by atoms with Crippen molar-refractivity contribution in [2.75, 3.05) is 36.0 Å². The minimum atomic E-state index is 0.600. The third-order valence-corrected chi connectivity index (χ3v) is 6.05. The Bertz CT molecular complexity index is 876. The summed E-state index contributed by atoms with van der Waals surface area (Å²) < 4.78 is 1.26. The zero-order valence-electron chi connectivity index (χ0n) is 14.4. The van der Waals surface area contributed by atoms with Gasteiger partial charge in [-0.2, -0.15) is 0 Å². The van der Waals surface area contributed by atoms with E-state index in [1.807, 2.05) is 0 Å². The Hall–Kier alpha value is -2.21. The molecule has 0 spiro atoms. The highest BCUT2D eigenvalue weighted by molar-refractivity contribution is 7.22. The van der Waals surface area contributed by atoms with Crippen LogP contribution in [0, 0.1) is 6.92 Å². The minimum Gasteiger partial charge on any atom is -0.353 e. The second-order valence-corrected chi connectivity index (χ2v) is 7.95. The molecule has 1 saturated carbocycles. The summed E-state index contributed by atoms with van der Waals surface area (Å²) >= 11 is 1.79. The van der Waals surface area contributed by atoms with Gasteiger partial charge in [-0.25, -0.2) is 15.0 Å². The fourth-order valence-electron chi connectivity index (χ4n) is 3.38. The predicted molar refractivity (Wildman–Crippen MR) is 103 cm³/mol. The quantitative estimate of drug-likeness (QED) is 0.721. The number of anilines is 2. The van der Waals surface area contributed by atoms with Gasteiger partial charge in [0.2, 0.25) is 0 Å². The van der Waals surface area contributed by atoms with Gasteiger partial charge in [0.1, 0.15) is 11.6 Å². The zero-order chi connectivity index (χ0) is 16.8. The lowest BCUT2D eigenvalue weighted by Crippen LogP contribution is -2.47. The number of thiazole rings is 1. The van der Waals surface area contributed by atoms with Gasteiger partial charge in [0.05, 0.1) is 10.2 Å². The molecule has 0 amide bonds. The SMILES string of the molecule is Cc1cc(N2CCN(c3nc4ccccc4s3)CC2)nc(C2CC2)n1. The molecule has 5 nitrogen and oxygen atoms in total. The summed E-state index contributed by atoms with van der Waals surface area (Å²) in [4.78, 5) is 19.0. The highest BCUT2D eigenvalue weighted by Crippen LogP contribution is 2.38. The van der Waals surface area contributed by atoms with E-state index in [0.29, 0.717) is 5.92 Å². The van der Waals surface area contributed by atoms with Gasteiger partial charge in [-0.3, -0.25) is 0 Å². The first-order valence-corrected chi connectivity index (χ1v) is 9.79. The topological polar surface area (TPSA) is 45.2 Å². The second-order valence-electron chi connectivity index (χ2n) is 6.94. The van der Waals surface area contributed by atoms with E-state index in [0.717, 1.165) is 54.2 Å². The van der Waals surface area contributed by atoms with E-state index < -0.39 is 0 Å². The highest BCUT2D eigenvalue weighted by atomic mass is 32.1. The van der Waals surface area contributed by atoms with Crippen molar-refractivity contribution in [3.63, 3.8) is 0 Å². The van der Waals surface area contributed by atoms with Crippen molar-refractivity contribution in [1.82, 2.24) is 15.0 Å². The number of nitrogens with zero attached hydrogens (tertiary/aromatic N) is 5. The van der Waals surface area contributed by atoms with Crippen LogP contribution >= 0.6 is 11.3 Å². The number of fused-ring (bicyclic) bond motifs is 1. The first kappa shape index (κ1) is 15.1. The van der Waals surface area contributed by atoms with Crippen molar-refractivity contribution in [2.24, 2.45) is 0 Å². The molecule has 0 N–H and O–H groups in total. The maximum atomic E-state index is 4.84. The largest absolute Gasteiger partial charge is 0.353 e. The van der Waals surface area contributed by atoms with E-state index in [9.17, 15) is 0 Å². The lowest BCUT2D eigenvalue weighted by atomic mass is 10.3. The first-order chi connectivity index (χ1) is 12.3. The summed E-state index contributed by atoms with van der Waals surface area (Å²) in [6.45, 7) is 6.02. The highest BCUT2D eigenvalue weighted by Gasteiger charge is 2.28. The summed E-state index contributed by atoms with van der Waals surface area (Å²) in [6.07, 6.45) is 2.49. The third kappa shape index (κ3) is 2.95. The summed E-state index contributed by atoms with van der Waals surface area (Å²) in [5.41, 5.74) is 2.19. The molecule has 1 aromatic carbocycles. The monoisotopic (exact) mass is 351 g/mol. The minimum absolute atomic E-state index is 0.600. The van der Waals surface area contributed by atoms with Crippen LogP contribution in [0.2, 0.25) is 0 Å². The van der Waals surface area contributed by atoms with Crippen LogP contribution in [-0.4, -0.2) is 41.1 Å². The van der Waals surface area contributed by atoms with Crippen LogP contribution in [0.15, 0.2) is 30.3 Å². The number of benzene rings is 1. The molecule has 2 fully saturated rings. The summed E-state index contributed by atoms with van der Waals surface area (Å²) in [5.74, 6) is 2.74. The van der Waals surface area contributed by atoms with Gasteiger partial charge in [0.15, 0.2) is 5.13 Å². The van der Waals surface area contributed by atoms with Gasteiger partial charge in [-0.15, -0.1) is 0 Å². The van der Waals surface area contributed by atoms with E-state index in [4.69, 9.17) is 9.97 Å². The number of para-hydroxylation sites is 1. The molecule has 1 aliphatic heterocycles. The Kier molecular flexibility index (Phi) is 3.59. The fourth-order valence-corrected chi connectivity index (χ4v) is 4.40. The Morgan fingerprint density at radius 1 is 0.960 bits per heavy atom. The summed E-state index contributed by atoms with van der Waals surface area (Å²) in [7, 11) is 0. The van der Waals surface area contributed by atoms with Gasteiger partial charge < -0.3 is 9.80 Å². The summed E-state index contributed by atoms with van der Waals surface area (Å²) in [5, 5.41) is 1.14. The Balaban J connectivity index is 1.32.